The molecule has 1 saturated carbocycles. The summed E-state index contributed by atoms with van der Waals surface area (Å²) in [7, 11) is 0. The van der Waals surface area contributed by atoms with Gasteiger partial charge in [-0.3, -0.25) is 19.3 Å². The molecule has 1 heterocycles. The fourth-order valence-corrected chi connectivity index (χ4v) is 3.79. The van der Waals surface area contributed by atoms with Crippen LogP contribution in [0.15, 0.2) is 24.3 Å². The van der Waals surface area contributed by atoms with Gasteiger partial charge in [-0.05, 0) is 37.0 Å². The van der Waals surface area contributed by atoms with Gasteiger partial charge >= 0.3 is 6.18 Å². The number of rotatable bonds is 5. The summed E-state index contributed by atoms with van der Waals surface area (Å²) in [5.41, 5.74) is -0.0644. The lowest BCUT2D eigenvalue weighted by molar-refractivity contribution is -0.143. The first-order valence-corrected chi connectivity index (χ1v) is 9.05. The fraction of sp³-hybridized carbons (Fsp3) is 0.526. The number of hydrogen-bond acceptors (Lipinski definition) is 3. The molecule has 2 aliphatic rings. The van der Waals surface area contributed by atoms with E-state index < -0.39 is 17.6 Å². The molecule has 8 heteroatoms. The second-order valence-corrected chi connectivity index (χ2v) is 7.05. The average Bonchev–Trinajstić information content (AvgIpc) is 2.87. The Labute approximate surface area is 154 Å². The minimum Gasteiger partial charge on any atom is -0.354 e. The van der Waals surface area contributed by atoms with Crippen LogP contribution in [0.2, 0.25) is 0 Å². The van der Waals surface area contributed by atoms with Gasteiger partial charge in [-0.25, -0.2) is 0 Å². The lowest BCUT2D eigenvalue weighted by atomic mass is 9.81. The summed E-state index contributed by atoms with van der Waals surface area (Å²) in [5, 5.41) is 2.62. The Morgan fingerprint density at radius 2 is 1.59 bits per heavy atom. The minimum atomic E-state index is -4.38. The van der Waals surface area contributed by atoms with Gasteiger partial charge in [0.1, 0.15) is 6.54 Å². The maximum absolute atomic E-state index is 12.5. The number of carbonyl (C=O) groups excluding carboxylic acids is 3. The van der Waals surface area contributed by atoms with Crippen LogP contribution in [0, 0.1) is 11.8 Å². The fourth-order valence-electron chi connectivity index (χ4n) is 3.79. The molecule has 2 unspecified atom stereocenters. The summed E-state index contributed by atoms with van der Waals surface area (Å²) in [6, 6.07) is 4.74. The van der Waals surface area contributed by atoms with Gasteiger partial charge in [0.25, 0.3) is 0 Å². The number of likely N-dealkylation sites (tertiary alicyclic amines) is 1. The molecule has 3 rings (SSSR count). The van der Waals surface area contributed by atoms with Crippen molar-refractivity contribution < 1.29 is 27.6 Å². The largest absolute Gasteiger partial charge is 0.416 e. The topological polar surface area (TPSA) is 66.5 Å². The van der Waals surface area contributed by atoms with E-state index in [-0.39, 0.29) is 36.7 Å². The van der Waals surface area contributed by atoms with Crippen molar-refractivity contribution in [3.63, 3.8) is 0 Å². The second-order valence-electron chi connectivity index (χ2n) is 7.05. The van der Waals surface area contributed by atoms with Crippen molar-refractivity contribution in [2.75, 3.05) is 13.1 Å². The number of carbonyl (C=O) groups is 3. The number of nitrogens with one attached hydrogen (secondary N) is 1. The lowest BCUT2D eigenvalue weighted by Gasteiger charge is -2.19. The molecule has 27 heavy (non-hydrogen) atoms. The standard InChI is InChI=1S/C19H21F3N2O3/c20-19(21,22)13-7-5-12(6-8-13)9-10-23-16(25)11-24-17(26)14-3-1-2-4-15(14)18(24)27/h5-8,14-15H,1-4,9-11H2,(H,23,25). The highest BCUT2D eigenvalue weighted by Crippen LogP contribution is 2.37. The maximum Gasteiger partial charge on any atom is 0.416 e. The number of benzene rings is 1. The van der Waals surface area contributed by atoms with Crippen LogP contribution in [0.3, 0.4) is 0 Å². The van der Waals surface area contributed by atoms with Gasteiger partial charge in [-0.2, -0.15) is 13.2 Å². The van der Waals surface area contributed by atoms with Crippen LogP contribution in [0.5, 0.6) is 0 Å². The van der Waals surface area contributed by atoms with Crippen LogP contribution in [-0.2, 0) is 27.0 Å². The maximum atomic E-state index is 12.5. The first-order valence-electron chi connectivity index (χ1n) is 9.05. The number of imide groups is 1. The third-order valence-corrected chi connectivity index (χ3v) is 5.25. The normalized spacial score (nSPS) is 22.7. The zero-order valence-corrected chi connectivity index (χ0v) is 14.7. The van der Waals surface area contributed by atoms with Crippen LogP contribution in [0.4, 0.5) is 13.2 Å². The van der Waals surface area contributed by atoms with E-state index in [0.717, 1.165) is 29.9 Å². The molecule has 146 valence electrons. The van der Waals surface area contributed by atoms with E-state index in [4.69, 9.17) is 0 Å². The van der Waals surface area contributed by atoms with Crippen molar-refractivity contribution >= 4 is 17.7 Å². The van der Waals surface area contributed by atoms with E-state index >= 15 is 0 Å². The van der Waals surface area contributed by atoms with Crippen molar-refractivity contribution in [3.8, 4) is 0 Å². The van der Waals surface area contributed by atoms with Gasteiger partial charge in [-0.15, -0.1) is 0 Å². The van der Waals surface area contributed by atoms with Crippen LogP contribution < -0.4 is 5.32 Å². The molecule has 0 radical (unpaired) electrons. The molecule has 0 bridgehead atoms. The quantitative estimate of drug-likeness (QED) is 0.796. The number of hydrogen-bond donors (Lipinski definition) is 1. The SMILES string of the molecule is O=C(CN1C(=O)C2CCCCC2C1=O)NCCc1ccc(C(F)(F)F)cc1. The Morgan fingerprint density at radius 3 is 2.11 bits per heavy atom. The second kappa shape index (κ2) is 7.70. The van der Waals surface area contributed by atoms with Crippen LogP contribution in [0.25, 0.3) is 0 Å². The van der Waals surface area contributed by atoms with Crippen molar-refractivity contribution in [1.82, 2.24) is 10.2 Å². The number of fused-ring (bicyclic) bond motifs is 1. The zero-order valence-electron chi connectivity index (χ0n) is 14.7. The Kier molecular flexibility index (Phi) is 5.53. The molecule has 2 atom stereocenters. The third-order valence-electron chi connectivity index (χ3n) is 5.25. The average molecular weight is 382 g/mol. The molecule has 0 aromatic heterocycles. The number of nitrogens with zero attached hydrogens (tertiary/aromatic N) is 1. The molecule has 1 N–H and O–H groups in total. The van der Waals surface area contributed by atoms with Crippen molar-refractivity contribution in [1.29, 1.82) is 0 Å². The Hall–Kier alpha value is -2.38. The van der Waals surface area contributed by atoms with Crippen LogP contribution in [0.1, 0.15) is 36.8 Å². The summed E-state index contributed by atoms with van der Waals surface area (Å²) in [6.07, 6.45) is -0.779. The predicted octanol–water partition coefficient (Wildman–Crippen LogP) is 2.54. The highest BCUT2D eigenvalue weighted by molar-refractivity contribution is 6.07. The smallest absolute Gasteiger partial charge is 0.354 e. The molecular weight excluding hydrogens is 361 g/mol. The molecule has 0 spiro atoms. The summed E-state index contributed by atoms with van der Waals surface area (Å²) in [6.45, 7) is -0.0784. The summed E-state index contributed by atoms with van der Waals surface area (Å²) in [4.78, 5) is 37.8. The van der Waals surface area contributed by atoms with Crippen molar-refractivity contribution in [2.45, 2.75) is 38.3 Å². The van der Waals surface area contributed by atoms with Gasteiger partial charge in [0, 0.05) is 6.54 Å². The van der Waals surface area contributed by atoms with Gasteiger partial charge in [0.05, 0.1) is 17.4 Å². The monoisotopic (exact) mass is 382 g/mol. The summed E-state index contributed by atoms with van der Waals surface area (Å²) < 4.78 is 37.6. The molecular formula is C19H21F3N2O3. The number of amides is 3. The Morgan fingerprint density at radius 1 is 1.04 bits per heavy atom. The first kappa shape index (κ1) is 19.4. The third kappa shape index (κ3) is 4.31. The van der Waals surface area contributed by atoms with E-state index in [1.165, 1.54) is 12.1 Å². The molecule has 1 aliphatic heterocycles. The lowest BCUT2D eigenvalue weighted by Crippen LogP contribution is -2.41. The molecule has 1 aromatic carbocycles. The highest BCUT2D eigenvalue weighted by atomic mass is 19.4. The van der Waals surface area contributed by atoms with E-state index in [1.807, 2.05) is 0 Å². The summed E-state index contributed by atoms with van der Waals surface area (Å²) >= 11 is 0. The first-order chi connectivity index (χ1) is 12.8. The van der Waals surface area contributed by atoms with Crippen LogP contribution in [-0.4, -0.2) is 35.7 Å². The Balaban J connectivity index is 1.47. The van der Waals surface area contributed by atoms with E-state index in [1.54, 1.807) is 0 Å². The number of halogens is 3. The molecule has 2 fully saturated rings. The van der Waals surface area contributed by atoms with E-state index in [9.17, 15) is 27.6 Å². The van der Waals surface area contributed by atoms with Gasteiger partial charge < -0.3 is 5.32 Å². The van der Waals surface area contributed by atoms with Gasteiger partial charge in [0.15, 0.2) is 0 Å². The van der Waals surface area contributed by atoms with Crippen molar-refractivity contribution in [2.24, 2.45) is 11.8 Å². The molecule has 1 aromatic rings. The van der Waals surface area contributed by atoms with Crippen molar-refractivity contribution in [3.05, 3.63) is 35.4 Å². The zero-order chi connectivity index (χ0) is 19.6. The molecule has 1 saturated heterocycles. The van der Waals surface area contributed by atoms with E-state index in [2.05, 4.69) is 5.32 Å². The summed E-state index contributed by atoms with van der Waals surface area (Å²) in [5.74, 6) is -1.54. The van der Waals surface area contributed by atoms with Gasteiger partial charge in [0.2, 0.25) is 17.7 Å². The molecule has 1 aliphatic carbocycles. The number of alkyl halides is 3. The van der Waals surface area contributed by atoms with Crippen LogP contribution >= 0.6 is 0 Å². The van der Waals surface area contributed by atoms with E-state index in [0.29, 0.717) is 24.8 Å². The predicted molar refractivity (Wildman–Crippen MR) is 90.3 cm³/mol. The Bertz CT molecular complexity index is 707. The molecule has 3 amide bonds. The molecule has 5 nitrogen and oxygen atoms in total. The van der Waals surface area contributed by atoms with Gasteiger partial charge in [-0.1, -0.05) is 25.0 Å². The minimum absolute atomic E-state index is 0.216. The highest BCUT2D eigenvalue weighted by Gasteiger charge is 2.48.